The third kappa shape index (κ3) is 3.41. The van der Waals surface area contributed by atoms with Gasteiger partial charge in [-0.1, -0.05) is 48.0 Å². The number of rotatable bonds is 3. The molecular formula is C21H20I+. The predicted octanol–water partition coefficient (Wildman–Crippen LogP) is 2.41. The fourth-order valence-corrected chi connectivity index (χ4v) is 5.26. The smallest absolute Gasteiger partial charge is 0.0622 e. The Kier molecular flexibility index (Phi) is 4.63. The van der Waals surface area contributed by atoms with Crippen molar-refractivity contribution in [2.24, 2.45) is 0 Å². The molecule has 3 aromatic carbocycles. The first-order valence-corrected chi connectivity index (χ1v) is 9.67. The van der Waals surface area contributed by atoms with E-state index in [1.54, 1.807) is 3.57 Å². The van der Waals surface area contributed by atoms with Crippen LogP contribution in [0.1, 0.15) is 16.7 Å². The van der Waals surface area contributed by atoms with Crippen molar-refractivity contribution in [1.82, 2.24) is 0 Å². The molecule has 3 rings (SSSR count). The summed E-state index contributed by atoms with van der Waals surface area (Å²) < 4.78 is 3.05. The van der Waals surface area contributed by atoms with Gasteiger partial charge in [0.15, 0.2) is 7.14 Å². The molecule has 0 fully saturated rings. The van der Waals surface area contributed by atoms with Crippen molar-refractivity contribution < 1.29 is 21.2 Å². The van der Waals surface area contributed by atoms with Gasteiger partial charge in [0.2, 0.25) is 0 Å². The van der Waals surface area contributed by atoms with Gasteiger partial charge in [0.25, 0.3) is 0 Å². The summed E-state index contributed by atoms with van der Waals surface area (Å²) in [5.74, 6) is 0. The highest BCUT2D eigenvalue weighted by Crippen LogP contribution is 2.17. The molecule has 0 nitrogen and oxygen atoms in total. The van der Waals surface area contributed by atoms with Crippen LogP contribution in [0.25, 0.3) is 11.1 Å². The zero-order chi connectivity index (χ0) is 15.5. The standard InChI is InChI=1S/C21H20I/c1-15-13-16(2)21(17(3)14-15)22-20-11-9-19(10-12-20)18-7-5-4-6-8-18/h4-14H,1-3H3/q+1. The molecule has 0 aliphatic heterocycles. The molecule has 0 aliphatic rings. The Labute approximate surface area is 143 Å². The lowest BCUT2D eigenvalue weighted by molar-refractivity contribution is -0.598. The largest absolute Gasteiger partial charge is 0.358 e. The lowest BCUT2D eigenvalue weighted by atomic mass is 10.1. The molecular weight excluding hydrogens is 379 g/mol. The zero-order valence-electron chi connectivity index (χ0n) is 13.2. The van der Waals surface area contributed by atoms with Crippen molar-refractivity contribution in [1.29, 1.82) is 0 Å². The van der Waals surface area contributed by atoms with Crippen LogP contribution in [0.15, 0.2) is 66.7 Å². The van der Waals surface area contributed by atoms with Crippen molar-refractivity contribution in [2.75, 3.05) is 0 Å². The summed E-state index contributed by atoms with van der Waals surface area (Å²) in [5, 5.41) is 0. The zero-order valence-corrected chi connectivity index (χ0v) is 15.4. The molecule has 0 aromatic heterocycles. The van der Waals surface area contributed by atoms with E-state index in [-0.39, 0.29) is 21.2 Å². The number of benzene rings is 3. The Hall–Kier alpha value is -1.61. The molecule has 1 heteroatoms. The quantitative estimate of drug-likeness (QED) is 0.594. The van der Waals surface area contributed by atoms with E-state index in [1.165, 1.54) is 31.4 Å². The molecule has 0 N–H and O–H groups in total. The molecule has 3 aromatic rings. The second-order valence-electron chi connectivity index (χ2n) is 5.68. The van der Waals surface area contributed by atoms with Gasteiger partial charge in [-0.05, 0) is 56.2 Å². The molecule has 0 radical (unpaired) electrons. The van der Waals surface area contributed by atoms with Gasteiger partial charge >= 0.3 is 21.2 Å². The average molecular weight is 399 g/mol. The Morgan fingerprint density at radius 3 is 1.77 bits per heavy atom. The van der Waals surface area contributed by atoms with Crippen LogP contribution in [0.5, 0.6) is 0 Å². The van der Waals surface area contributed by atoms with Crippen LogP contribution in [0.2, 0.25) is 0 Å². The fourth-order valence-electron chi connectivity index (χ4n) is 2.76. The Balaban J connectivity index is 1.86. The van der Waals surface area contributed by atoms with Crippen LogP contribution in [0.4, 0.5) is 0 Å². The van der Waals surface area contributed by atoms with Gasteiger partial charge in [0.05, 0.1) is 0 Å². The third-order valence-electron chi connectivity index (χ3n) is 3.74. The van der Waals surface area contributed by atoms with Gasteiger partial charge in [-0.3, -0.25) is 0 Å². The summed E-state index contributed by atoms with van der Waals surface area (Å²) in [6.07, 6.45) is 0. The summed E-state index contributed by atoms with van der Waals surface area (Å²) >= 11 is -0.110. The Morgan fingerprint density at radius 2 is 1.18 bits per heavy atom. The maximum Gasteiger partial charge on any atom is 0.358 e. The Bertz CT molecular complexity index is 748. The summed E-state index contributed by atoms with van der Waals surface area (Å²) in [4.78, 5) is 0. The molecule has 110 valence electrons. The molecule has 0 aliphatic carbocycles. The summed E-state index contributed by atoms with van der Waals surface area (Å²) in [6.45, 7) is 6.66. The van der Waals surface area contributed by atoms with Crippen molar-refractivity contribution in [3.63, 3.8) is 0 Å². The molecule has 0 bridgehead atoms. The monoisotopic (exact) mass is 399 g/mol. The number of aryl methyl sites for hydroxylation is 3. The van der Waals surface area contributed by atoms with E-state index in [4.69, 9.17) is 0 Å². The molecule has 0 amide bonds. The molecule has 0 atom stereocenters. The van der Waals surface area contributed by atoms with Crippen LogP contribution < -0.4 is 21.2 Å². The van der Waals surface area contributed by atoms with Gasteiger partial charge in [-0.15, -0.1) is 0 Å². The van der Waals surface area contributed by atoms with E-state index >= 15 is 0 Å². The summed E-state index contributed by atoms with van der Waals surface area (Å²) in [6, 6.07) is 24.3. The third-order valence-corrected chi connectivity index (χ3v) is 7.32. The number of hydrogen-bond acceptors (Lipinski definition) is 0. The van der Waals surface area contributed by atoms with E-state index in [0.717, 1.165) is 0 Å². The summed E-state index contributed by atoms with van der Waals surface area (Å²) in [5.41, 5.74) is 6.83. The van der Waals surface area contributed by atoms with Crippen LogP contribution in [-0.2, 0) is 0 Å². The SMILES string of the molecule is Cc1cc(C)c([I+]c2ccc(-c3ccccc3)cc2)c(C)c1. The second kappa shape index (κ2) is 6.66. The van der Waals surface area contributed by atoms with E-state index in [9.17, 15) is 0 Å². The van der Waals surface area contributed by atoms with Crippen molar-refractivity contribution in [3.05, 3.63) is 90.6 Å². The van der Waals surface area contributed by atoms with Gasteiger partial charge in [0.1, 0.15) is 0 Å². The van der Waals surface area contributed by atoms with Crippen LogP contribution in [0.3, 0.4) is 0 Å². The van der Waals surface area contributed by atoms with E-state index < -0.39 is 0 Å². The fraction of sp³-hybridized carbons (Fsp3) is 0.143. The maximum absolute atomic E-state index is 2.31. The average Bonchev–Trinajstić information content (AvgIpc) is 2.52. The van der Waals surface area contributed by atoms with Crippen LogP contribution >= 0.6 is 0 Å². The van der Waals surface area contributed by atoms with Crippen molar-refractivity contribution in [2.45, 2.75) is 20.8 Å². The Morgan fingerprint density at radius 1 is 0.636 bits per heavy atom. The first-order chi connectivity index (χ1) is 10.6. The highest BCUT2D eigenvalue weighted by Gasteiger charge is 2.21. The van der Waals surface area contributed by atoms with E-state index in [2.05, 4.69) is 87.5 Å². The predicted molar refractivity (Wildman–Crippen MR) is 89.9 cm³/mol. The molecule has 0 heterocycles. The molecule has 0 unspecified atom stereocenters. The normalized spacial score (nSPS) is 10.7. The van der Waals surface area contributed by atoms with Crippen LogP contribution in [0, 0.1) is 27.9 Å². The maximum atomic E-state index is 2.31. The summed E-state index contributed by atoms with van der Waals surface area (Å²) in [7, 11) is 0. The van der Waals surface area contributed by atoms with E-state index in [0.29, 0.717) is 0 Å². The minimum atomic E-state index is -0.110. The van der Waals surface area contributed by atoms with Gasteiger partial charge in [0, 0.05) is 11.1 Å². The first kappa shape index (κ1) is 15.3. The first-order valence-electron chi connectivity index (χ1n) is 7.51. The van der Waals surface area contributed by atoms with Gasteiger partial charge < -0.3 is 0 Å². The number of halogens is 1. The topological polar surface area (TPSA) is 0 Å². The highest BCUT2D eigenvalue weighted by molar-refractivity contribution is 5.62. The van der Waals surface area contributed by atoms with Crippen molar-refractivity contribution in [3.8, 4) is 11.1 Å². The molecule has 0 saturated heterocycles. The minimum absolute atomic E-state index is 0.110. The molecule has 0 saturated carbocycles. The lowest BCUT2D eigenvalue weighted by Crippen LogP contribution is -3.62. The van der Waals surface area contributed by atoms with Gasteiger partial charge in [-0.25, -0.2) is 0 Å². The van der Waals surface area contributed by atoms with Crippen molar-refractivity contribution >= 4 is 0 Å². The highest BCUT2D eigenvalue weighted by atomic mass is 127. The minimum Gasteiger partial charge on any atom is -0.0622 e. The van der Waals surface area contributed by atoms with E-state index in [1.807, 2.05) is 0 Å². The second-order valence-corrected chi connectivity index (χ2v) is 8.54. The number of hydrogen-bond donors (Lipinski definition) is 0. The van der Waals surface area contributed by atoms with Gasteiger partial charge in [-0.2, -0.15) is 0 Å². The molecule has 22 heavy (non-hydrogen) atoms. The lowest BCUT2D eigenvalue weighted by Gasteiger charge is -2.02. The molecule has 0 spiro atoms. The van der Waals surface area contributed by atoms with Crippen LogP contribution in [-0.4, -0.2) is 0 Å².